The Labute approximate surface area is 69.2 Å². The molecule has 1 aromatic rings. The molecule has 11 heavy (non-hydrogen) atoms. The lowest BCUT2D eigenvalue weighted by molar-refractivity contribution is 1.01. The van der Waals surface area contributed by atoms with E-state index in [0.717, 1.165) is 24.1 Å². The van der Waals surface area contributed by atoms with Crippen LogP contribution in [0.4, 0.5) is 0 Å². The quantitative estimate of drug-likeness (QED) is 0.634. The fourth-order valence-corrected chi connectivity index (χ4v) is 2.06. The van der Waals surface area contributed by atoms with Gasteiger partial charge in [0.05, 0.1) is 0 Å². The minimum absolute atomic E-state index is 0.820. The molecule has 0 saturated heterocycles. The first-order valence-corrected chi connectivity index (χ1v) is 4.34. The number of nitrogens with zero attached hydrogens (tertiary/aromatic N) is 1. The topological polar surface area (TPSA) is 36.7 Å². The summed E-state index contributed by atoms with van der Waals surface area (Å²) < 4.78 is 4.16. The molecule has 0 saturated carbocycles. The summed E-state index contributed by atoms with van der Waals surface area (Å²) in [5, 5.41) is 7.09. The van der Waals surface area contributed by atoms with E-state index in [2.05, 4.69) is 16.5 Å². The lowest BCUT2D eigenvalue weighted by Crippen LogP contribution is -1.90. The molecule has 1 aliphatic rings. The first-order chi connectivity index (χ1) is 5.42. The van der Waals surface area contributed by atoms with Crippen molar-refractivity contribution in [1.29, 1.82) is 5.41 Å². The van der Waals surface area contributed by atoms with E-state index < -0.39 is 0 Å². The van der Waals surface area contributed by atoms with E-state index in [1.165, 1.54) is 22.6 Å². The molecule has 1 heterocycles. The number of hydrogen-bond donors (Lipinski definition) is 1. The van der Waals surface area contributed by atoms with E-state index in [-0.39, 0.29) is 0 Å². The Hall–Kier alpha value is -0.960. The van der Waals surface area contributed by atoms with Gasteiger partial charge in [0.2, 0.25) is 0 Å². The van der Waals surface area contributed by atoms with Crippen molar-refractivity contribution in [2.75, 3.05) is 0 Å². The third-order valence-corrected chi connectivity index (χ3v) is 2.72. The molecule has 0 amide bonds. The number of rotatable bonds is 1. The molecule has 0 aliphatic heterocycles. The second-order valence-corrected chi connectivity index (χ2v) is 3.35. The Balaban J connectivity index is 2.56. The summed E-state index contributed by atoms with van der Waals surface area (Å²) in [6.07, 6.45) is 7.75. The van der Waals surface area contributed by atoms with Gasteiger partial charge in [-0.25, -0.2) is 0 Å². The van der Waals surface area contributed by atoms with Gasteiger partial charge in [-0.1, -0.05) is 12.2 Å². The lowest BCUT2D eigenvalue weighted by Gasteiger charge is -2.01. The molecule has 3 heteroatoms. The van der Waals surface area contributed by atoms with Crippen molar-refractivity contribution in [3.8, 4) is 0 Å². The third kappa shape index (κ3) is 1.01. The zero-order chi connectivity index (χ0) is 7.68. The van der Waals surface area contributed by atoms with Crippen molar-refractivity contribution in [3.63, 3.8) is 0 Å². The van der Waals surface area contributed by atoms with E-state index in [9.17, 15) is 0 Å². The number of allylic oxidation sites excluding steroid dienone is 1. The van der Waals surface area contributed by atoms with Crippen LogP contribution in [-0.2, 0) is 6.42 Å². The number of hydrogen-bond acceptors (Lipinski definition) is 3. The van der Waals surface area contributed by atoms with Crippen molar-refractivity contribution in [3.05, 3.63) is 22.2 Å². The Morgan fingerprint density at radius 2 is 2.55 bits per heavy atom. The van der Waals surface area contributed by atoms with Crippen LogP contribution in [0.5, 0.6) is 0 Å². The molecule has 0 fully saturated rings. The van der Waals surface area contributed by atoms with Crippen LogP contribution in [-0.4, -0.2) is 10.6 Å². The number of aryl methyl sites for hydroxylation is 1. The Morgan fingerprint density at radius 1 is 1.64 bits per heavy atom. The van der Waals surface area contributed by atoms with Gasteiger partial charge in [-0.05, 0) is 24.4 Å². The van der Waals surface area contributed by atoms with E-state index in [1.807, 2.05) is 0 Å². The Morgan fingerprint density at radius 3 is 3.36 bits per heavy atom. The zero-order valence-corrected chi connectivity index (χ0v) is 6.82. The van der Waals surface area contributed by atoms with Gasteiger partial charge in [0.25, 0.3) is 0 Å². The van der Waals surface area contributed by atoms with Crippen LogP contribution in [0.2, 0.25) is 0 Å². The highest BCUT2D eigenvalue weighted by Gasteiger charge is 2.11. The Bertz CT molecular complexity index is 312. The number of fused-ring (bicyclic) bond motifs is 1. The summed E-state index contributed by atoms with van der Waals surface area (Å²) in [6.45, 7) is 0. The van der Waals surface area contributed by atoms with Gasteiger partial charge >= 0.3 is 0 Å². The van der Waals surface area contributed by atoms with E-state index in [4.69, 9.17) is 5.41 Å². The fourth-order valence-electron chi connectivity index (χ4n) is 1.22. The zero-order valence-electron chi connectivity index (χ0n) is 6.00. The lowest BCUT2D eigenvalue weighted by atomic mass is 10.1. The normalized spacial score (nSPS) is 14.5. The van der Waals surface area contributed by atoms with Gasteiger partial charge < -0.3 is 5.41 Å². The largest absolute Gasteiger partial charge is 0.306 e. The van der Waals surface area contributed by atoms with E-state index in [0.29, 0.717) is 0 Å². The minimum Gasteiger partial charge on any atom is -0.306 e. The maximum Gasteiger partial charge on any atom is 0.102 e. The fraction of sp³-hybridized carbons (Fsp3) is 0.250. The molecule has 0 radical (unpaired) electrons. The number of nitrogens with one attached hydrogen (secondary N) is 1. The number of aromatic nitrogens is 1. The molecule has 0 bridgehead atoms. The first-order valence-electron chi connectivity index (χ1n) is 3.57. The van der Waals surface area contributed by atoms with Crippen molar-refractivity contribution in [2.24, 2.45) is 0 Å². The molecule has 2 rings (SSSR count). The maximum atomic E-state index is 7.09. The van der Waals surface area contributed by atoms with Gasteiger partial charge in [-0.3, -0.25) is 0 Å². The average molecular weight is 164 g/mol. The molecule has 1 aromatic heterocycles. The standard InChI is InChI=1S/C8H8N2S/c9-5-7-6-3-1-2-4-8(6)11-10-7/h1,3,5,9H,2,4H2. The molecule has 1 N–H and O–H groups in total. The molecule has 0 unspecified atom stereocenters. The molecular weight excluding hydrogens is 156 g/mol. The highest BCUT2D eigenvalue weighted by molar-refractivity contribution is 7.06. The third-order valence-electron chi connectivity index (χ3n) is 1.79. The summed E-state index contributed by atoms with van der Waals surface area (Å²) >= 11 is 1.52. The van der Waals surface area contributed by atoms with Gasteiger partial charge in [0.15, 0.2) is 0 Å². The van der Waals surface area contributed by atoms with Gasteiger partial charge in [0.1, 0.15) is 5.69 Å². The monoisotopic (exact) mass is 164 g/mol. The summed E-state index contributed by atoms with van der Waals surface area (Å²) in [7, 11) is 0. The first kappa shape index (κ1) is 6.73. The second kappa shape index (κ2) is 2.58. The van der Waals surface area contributed by atoms with E-state index in [1.54, 1.807) is 0 Å². The Kier molecular flexibility index (Phi) is 1.58. The molecule has 0 spiro atoms. The van der Waals surface area contributed by atoms with Crippen molar-refractivity contribution in [2.45, 2.75) is 12.8 Å². The second-order valence-electron chi connectivity index (χ2n) is 2.49. The van der Waals surface area contributed by atoms with Crippen LogP contribution in [0.25, 0.3) is 6.08 Å². The summed E-state index contributed by atoms with van der Waals surface area (Å²) in [5.41, 5.74) is 1.98. The predicted molar refractivity (Wildman–Crippen MR) is 47.4 cm³/mol. The average Bonchev–Trinajstić information content (AvgIpc) is 2.47. The van der Waals surface area contributed by atoms with Crippen molar-refractivity contribution in [1.82, 2.24) is 4.37 Å². The SMILES string of the molecule is N=Cc1nsc2c1C=CCC2. The smallest absolute Gasteiger partial charge is 0.102 e. The van der Waals surface area contributed by atoms with Gasteiger partial charge in [0, 0.05) is 16.7 Å². The maximum absolute atomic E-state index is 7.09. The van der Waals surface area contributed by atoms with Gasteiger partial charge in [-0.15, -0.1) is 0 Å². The minimum atomic E-state index is 0.820. The van der Waals surface area contributed by atoms with Crippen LogP contribution < -0.4 is 0 Å². The van der Waals surface area contributed by atoms with Crippen LogP contribution in [0.1, 0.15) is 22.6 Å². The molecule has 2 nitrogen and oxygen atoms in total. The summed E-state index contributed by atoms with van der Waals surface area (Å²) in [5.74, 6) is 0. The highest BCUT2D eigenvalue weighted by atomic mass is 32.1. The van der Waals surface area contributed by atoms with Crippen molar-refractivity contribution < 1.29 is 0 Å². The molecular formula is C8H8N2S. The molecule has 0 atom stereocenters. The van der Waals surface area contributed by atoms with Crippen molar-refractivity contribution >= 4 is 23.8 Å². The van der Waals surface area contributed by atoms with Gasteiger partial charge in [-0.2, -0.15) is 4.37 Å². The molecule has 56 valence electrons. The van der Waals surface area contributed by atoms with Crippen LogP contribution >= 0.6 is 11.5 Å². The molecule has 1 aliphatic carbocycles. The molecule has 0 aromatic carbocycles. The predicted octanol–water partition coefficient (Wildman–Crippen LogP) is 2.10. The highest BCUT2D eigenvalue weighted by Crippen LogP contribution is 2.24. The van der Waals surface area contributed by atoms with Crippen LogP contribution in [0.15, 0.2) is 6.08 Å². The summed E-state index contributed by atoms with van der Waals surface area (Å²) in [6, 6.07) is 0. The van der Waals surface area contributed by atoms with Crippen LogP contribution in [0, 0.1) is 5.41 Å². The van der Waals surface area contributed by atoms with Crippen LogP contribution in [0.3, 0.4) is 0 Å². The van der Waals surface area contributed by atoms with E-state index >= 15 is 0 Å². The summed E-state index contributed by atoms with van der Waals surface area (Å²) in [4.78, 5) is 1.33.